The number of nitrogens with zero attached hydrogens (tertiary/aromatic N) is 2. The zero-order valence-electron chi connectivity index (χ0n) is 13.7. The summed E-state index contributed by atoms with van der Waals surface area (Å²) in [7, 11) is 0. The molecule has 0 unspecified atom stereocenters. The SMILES string of the molecule is CC(=O)N(CC(=O)Nc1ccc(C#N)cc1)c1ccc(C(F)(F)F)cc1. The van der Waals surface area contributed by atoms with E-state index in [0.717, 1.165) is 29.2 Å². The van der Waals surface area contributed by atoms with Crippen LogP contribution in [0.25, 0.3) is 0 Å². The average molecular weight is 361 g/mol. The highest BCUT2D eigenvalue weighted by atomic mass is 19.4. The number of carbonyl (C=O) groups excluding carboxylic acids is 2. The topological polar surface area (TPSA) is 73.2 Å². The normalized spacial score (nSPS) is 10.7. The smallest absolute Gasteiger partial charge is 0.325 e. The number of halogens is 3. The first-order chi connectivity index (χ1) is 12.2. The van der Waals surface area contributed by atoms with Crippen LogP contribution in [0, 0.1) is 11.3 Å². The molecule has 26 heavy (non-hydrogen) atoms. The molecule has 1 N–H and O–H groups in total. The maximum Gasteiger partial charge on any atom is 0.416 e. The van der Waals surface area contributed by atoms with Gasteiger partial charge in [0.15, 0.2) is 0 Å². The molecule has 0 aliphatic carbocycles. The Labute approximate surface area is 147 Å². The Morgan fingerprint density at radius 1 is 1.08 bits per heavy atom. The second kappa shape index (κ2) is 7.70. The summed E-state index contributed by atoms with van der Waals surface area (Å²) in [5, 5.41) is 11.3. The number of anilines is 2. The first kappa shape index (κ1) is 19.0. The lowest BCUT2D eigenvalue weighted by Gasteiger charge is -2.21. The Balaban J connectivity index is 2.11. The Bertz CT molecular complexity index is 838. The first-order valence-electron chi connectivity index (χ1n) is 7.46. The van der Waals surface area contributed by atoms with Crippen LogP contribution >= 0.6 is 0 Å². The van der Waals surface area contributed by atoms with Crippen LogP contribution in [-0.4, -0.2) is 18.4 Å². The second-order valence-electron chi connectivity index (χ2n) is 5.39. The van der Waals surface area contributed by atoms with E-state index in [1.165, 1.54) is 31.2 Å². The molecular formula is C18H14F3N3O2. The molecule has 0 aliphatic rings. The summed E-state index contributed by atoms with van der Waals surface area (Å²) in [5.41, 5.74) is 0.204. The number of nitrogens with one attached hydrogen (secondary N) is 1. The van der Waals surface area contributed by atoms with Crippen LogP contribution in [-0.2, 0) is 15.8 Å². The van der Waals surface area contributed by atoms with Gasteiger partial charge in [0.05, 0.1) is 17.2 Å². The van der Waals surface area contributed by atoms with Gasteiger partial charge in [-0.05, 0) is 48.5 Å². The van der Waals surface area contributed by atoms with Crippen molar-refractivity contribution in [1.82, 2.24) is 0 Å². The molecule has 0 radical (unpaired) electrons. The van der Waals surface area contributed by atoms with Crippen LogP contribution in [0.15, 0.2) is 48.5 Å². The molecule has 0 aliphatic heterocycles. The monoisotopic (exact) mass is 361 g/mol. The zero-order chi connectivity index (χ0) is 19.3. The van der Waals surface area contributed by atoms with E-state index in [0.29, 0.717) is 11.3 Å². The fourth-order valence-corrected chi connectivity index (χ4v) is 2.19. The van der Waals surface area contributed by atoms with Gasteiger partial charge < -0.3 is 10.2 Å². The molecule has 0 bridgehead atoms. The summed E-state index contributed by atoms with van der Waals surface area (Å²) < 4.78 is 37.9. The van der Waals surface area contributed by atoms with E-state index in [1.807, 2.05) is 6.07 Å². The summed E-state index contributed by atoms with van der Waals surface area (Å²) in [6.45, 7) is 0.855. The molecule has 0 spiro atoms. The highest BCUT2D eigenvalue weighted by Crippen LogP contribution is 2.30. The number of alkyl halides is 3. The van der Waals surface area contributed by atoms with Crippen LogP contribution in [0.5, 0.6) is 0 Å². The Kier molecular flexibility index (Phi) is 5.62. The van der Waals surface area contributed by atoms with E-state index in [4.69, 9.17) is 5.26 Å². The van der Waals surface area contributed by atoms with Gasteiger partial charge in [-0.2, -0.15) is 18.4 Å². The van der Waals surface area contributed by atoms with Crippen molar-refractivity contribution in [1.29, 1.82) is 5.26 Å². The molecule has 2 aromatic carbocycles. The van der Waals surface area contributed by atoms with Crippen molar-refractivity contribution in [3.8, 4) is 6.07 Å². The second-order valence-corrected chi connectivity index (χ2v) is 5.39. The van der Waals surface area contributed by atoms with Gasteiger partial charge in [-0.25, -0.2) is 0 Å². The van der Waals surface area contributed by atoms with E-state index in [2.05, 4.69) is 5.32 Å². The number of nitriles is 1. The minimum atomic E-state index is -4.48. The zero-order valence-corrected chi connectivity index (χ0v) is 13.7. The molecule has 2 aromatic rings. The van der Waals surface area contributed by atoms with Gasteiger partial charge in [-0.1, -0.05) is 0 Å². The standard InChI is InChI=1S/C18H14F3N3O2/c1-12(25)24(16-8-4-14(5-9-16)18(19,20)21)11-17(26)23-15-6-2-13(10-22)3-7-15/h2-9H,11H2,1H3,(H,23,26). The third-order valence-corrected chi connectivity index (χ3v) is 3.49. The van der Waals surface area contributed by atoms with E-state index >= 15 is 0 Å². The predicted octanol–water partition coefficient (Wildman–Crippen LogP) is 3.57. The fraction of sp³-hybridized carbons (Fsp3) is 0.167. The fourth-order valence-electron chi connectivity index (χ4n) is 2.19. The van der Waals surface area contributed by atoms with Crippen LogP contribution in [0.3, 0.4) is 0 Å². The molecule has 2 amide bonds. The number of rotatable bonds is 4. The number of amides is 2. The molecule has 0 aromatic heterocycles. The van der Waals surface area contributed by atoms with Gasteiger partial charge in [0.1, 0.15) is 6.54 Å². The highest BCUT2D eigenvalue weighted by Gasteiger charge is 2.30. The summed E-state index contributed by atoms with van der Waals surface area (Å²) in [5.74, 6) is -1.01. The molecule has 134 valence electrons. The predicted molar refractivity (Wildman–Crippen MR) is 89.3 cm³/mol. The van der Waals surface area contributed by atoms with Crippen molar-refractivity contribution in [2.24, 2.45) is 0 Å². The van der Waals surface area contributed by atoms with Gasteiger partial charge in [0, 0.05) is 18.3 Å². The van der Waals surface area contributed by atoms with Crippen molar-refractivity contribution < 1.29 is 22.8 Å². The lowest BCUT2D eigenvalue weighted by atomic mass is 10.2. The Hall–Kier alpha value is -3.34. The van der Waals surface area contributed by atoms with Gasteiger partial charge in [-0.3, -0.25) is 9.59 Å². The molecular weight excluding hydrogens is 347 g/mol. The molecule has 2 rings (SSSR count). The summed E-state index contributed by atoms with van der Waals surface area (Å²) in [6, 6.07) is 12.0. The van der Waals surface area contributed by atoms with Crippen molar-refractivity contribution in [3.63, 3.8) is 0 Å². The lowest BCUT2D eigenvalue weighted by Crippen LogP contribution is -2.36. The van der Waals surface area contributed by atoms with Crippen LogP contribution < -0.4 is 10.2 Å². The van der Waals surface area contributed by atoms with E-state index in [1.54, 1.807) is 0 Å². The maximum atomic E-state index is 12.6. The Morgan fingerprint density at radius 3 is 2.12 bits per heavy atom. The number of hydrogen-bond acceptors (Lipinski definition) is 3. The van der Waals surface area contributed by atoms with E-state index < -0.39 is 23.6 Å². The highest BCUT2D eigenvalue weighted by molar-refractivity contribution is 6.01. The number of benzene rings is 2. The quantitative estimate of drug-likeness (QED) is 0.905. The van der Waals surface area contributed by atoms with Gasteiger partial charge in [0.25, 0.3) is 0 Å². The molecule has 0 saturated heterocycles. The van der Waals surface area contributed by atoms with Crippen LogP contribution in [0.1, 0.15) is 18.1 Å². The third-order valence-electron chi connectivity index (χ3n) is 3.49. The largest absolute Gasteiger partial charge is 0.416 e. The summed E-state index contributed by atoms with van der Waals surface area (Å²) in [4.78, 5) is 25.0. The minimum Gasteiger partial charge on any atom is -0.325 e. The minimum absolute atomic E-state index is 0.181. The van der Waals surface area contributed by atoms with Crippen molar-refractivity contribution in [3.05, 3.63) is 59.7 Å². The van der Waals surface area contributed by atoms with E-state index in [9.17, 15) is 22.8 Å². The van der Waals surface area contributed by atoms with Crippen LogP contribution in [0.2, 0.25) is 0 Å². The number of hydrogen-bond donors (Lipinski definition) is 1. The molecule has 0 saturated carbocycles. The molecule has 5 nitrogen and oxygen atoms in total. The van der Waals surface area contributed by atoms with Gasteiger partial charge >= 0.3 is 6.18 Å². The molecule has 8 heteroatoms. The van der Waals surface area contributed by atoms with Gasteiger partial charge in [0.2, 0.25) is 11.8 Å². The van der Waals surface area contributed by atoms with Crippen molar-refractivity contribution in [2.45, 2.75) is 13.1 Å². The summed E-state index contributed by atoms with van der Waals surface area (Å²) >= 11 is 0. The number of carbonyl (C=O) groups is 2. The maximum absolute atomic E-state index is 12.6. The molecule has 0 fully saturated rings. The van der Waals surface area contributed by atoms with Crippen molar-refractivity contribution >= 4 is 23.2 Å². The van der Waals surface area contributed by atoms with Crippen LogP contribution in [0.4, 0.5) is 24.5 Å². The summed E-state index contributed by atoms with van der Waals surface area (Å²) in [6.07, 6.45) is -4.48. The molecule has 0 heterocycles. The first-order valence-corrected chi connectivity index (χ1v) is 7.46. The van der Waals surface area contributed by atoms with Crippen molar-refractivity contribution in [2.75, 3.05) is 16.8 Å². The Morgan fingerprint density at radius 2 is 1.65 bits per heavy atom. The van der Waals surface area contributed by atoms with E-state index in [-0.39, 0.29) is 12.2 Å². The molecule has 0 atom stereocenters. The average Bonchev–Trinajstić information content (AvgIpc) is 2.59. The third kappa shape index (κ3) is 4.83. The lowest BCUT2D eigenvalue weighted by molar-refractivity contribution is -0.137. The van der Waals surface area contributed by atoms with Gasteiger partial charge in [-0.15, -0.1) is 0 Å².